The summed E-state index contributed by atoms with van der Waals surface area (Å²) in [7, 11) is 2.13. The Balaban J connectivity index is 2.08. The zero-order valence-electron chi connectivity index (χ0n) is 11.1. The van der Waals surface area contributed by atoms with Gasteiger partial charge in [0, 0.05) is 30.4 Å². The fourth-order valence-corrected chi connectivity index (χ4v) is 3.08. The van der Waals surface area contributed by atoms with E-state index in [-0.39, 0.29) is 0 Å². The number of hydrogen-bond donors (Lipinski definition) is 1. The first-order valence-electron chi connectivity index (χ1n) is 6.42. The molecule has 3 nitrogen and oxygen atoms in total. The van der Waals surface area contributed by atoms with Crippen molar-refractivity contribution in [2.75, 3.05) is 37.4 Å². The second kappa shape index (κ2) is 5.93. The average molecular weight is 313 g/mol. The van der Waals surface area contributed by atoms with Crippen LogP contribution in [0.1, 0.15) is 18.4 Å². The van der Waals surface area contributed by atoms with Gasteiger partial charge in [-0.05, 0) is 59.3 Å². The Labute approximate surface area is 117 Å². The van der Waals surface area contributed by atoms with Gasteiger partial charge in [0.1, 0.15) is 0 Å². The fraction of sp³-hybridized carbons (Fsp3) is 0.571. The topological polar surface area (TPSA) is 38.5 Å². The molecule has 100 valence electrons. The van der Waals surface area contributed by atoms with Crippen molar-refractivity contribution in [3.8, 4) is 0 Å². The maximum Gasteiger partial charge on any atom is 0.0512 e. The number of hydrogen-bond acceptors (Lipinski definition) is 3. The molecule has 1 saturated heterocycles. The van der Waals surface area contributed by atoms with E-state index in [4.69, 9.17) is 10.5 Å². The minimum atomic E-state index is 0.633. The fourth-order valence-electron chi connectivity index (χ4n) is 2.41. The number of nitrogen functional groups attached to an aromatic ring is 1. The molecule has 18 heavy (non-hydrogen) atoms. The van der Waals surface area contributed by atoms with Crippen LogP contribution < -0.4 is 10.6 Å². The summed E-state index contributed by atoms with van der Waals surface area (Å²) in [5, 5.41) is 0. The summed E-state index contributed by atoms with van der Waals surface area (Å²) in [4.78, 5) is 2.29. The molecule has 0 aliphatic carbocycles. The van der Waals surface area contributed by atoms with E-state index in [1.807, 2.05) is 13.0 Å². The summed E-state index contributed by atoms with van der Waals surface area (Å²) in [5.41, 5.74) is 9.06. The van der Waals surface area contributed by atoms with Gasteiger partial charge >= 0.3 is 0 Å². The van der Waals surface area contributed by atoms with Crippen molar-refractivity contribution in [3.05, 3.63) is 22.2 Å². The minimum Gasteiger partial charge on any atom is -0.398 e. The van der Waals surface area contributed by atoms with E-state index in [2.05, 4.69) is 33.9 Å². The Kier molecular flexibility index (Phi) is 4.51. The van der Waals surface area contributed by atoms with Gasteiger partial charge in [0.25, 0.3) is 0 Å². The average Bonchev–Trinajstić information content (AvgIpc) is 2.35. The largest absolute Gasteiger partial charge is 0.398 e. The molecule has 4 heteroatoms. The van der Waals surface area contributed by atoms with Crippen LogP contribution in [0.4, 0.5) is 11.4 Å². The molecule has 0 spiro atoms. The van der Waals surface area contributed by atoms with E-state index < -0.39 is 0 Å². The molecule has 2 rings (SSSR count). The third-order valence-electron chi connectivity index (χ3n) is 3.53. The van der Waals surface area contributed by atoms with Crippen LogP contribution in [0.15, 0.2) is 16.6 Å². The Bertz CT molecular complexity index is 417. The number of nitrogens with zero attached hydrogens (tertiary/aromatic N) is 1. The number of anilines is 2. The zero-order chi connectivity index (χ0) is 13.1. The third-order valence-corrected chi connectivity index (χ3v) is 4.17. The number of benzene rings is 1. The second-order valence-corrected chi connectivity index (χ2v) is 5.98. The van der Waals surface area contributed by atoms with E-state index in [0.717, 1.165) is 35.5 Å². The molecule has 2 N–H and O–H groups in total. The van der Waals surface area contributed by atoms with Gasteiger partial charge in [0.2, 0.25) is 0 Å². The number of ether oxygens (including phenoxy) is 1. The highest BCUT2D eigenvalue weighted by molar-refractivity contribution is 9.10. The first-order valence-corrected chi connectivity index (χ1v) is 7.21. The molecule has 1 fully saturated rings. The number of aryl methyl sites for hydroxylation is 1. The van der Waals surface area contributed by atoms with Crippen molar-refractivity contribution in [2.24, 2.45) is 5.92 Å². The molecular formula is C14H21BrN2O. The smallest absolute Gasteiger partial charge is 0.0512 e. The second-order valence-electron chi connectivity index (χ2n) is 5.12. The maximum absolute atomic E-state index is 5.91. The molecule has 1 atom stereocenters. The molecular weight excluding hydrogens is 292 g/mol. The molecule has 0 saturated carbocycles. The van der Waals surface area contributed by atoms with Crippen molar-refractivity contribution in [2.45, 2.75) is 19.8 Å². The molecule has 1 unspecified atom stereocenters. The Hall–Kier alpha value is -0.740. The highest BCUT2D eigenvalue weighted by Crippen LogP contribution is 2.31. The van der Waals surface area contributed by atoms with Crippen LogP contribution in [0, 0.1) is 12.8 Å². The van der Waals surface area contributed by atoms with Crippen LogP contribution >= 0.6 is 15.9 Å². The number of halogens is 1. The molecule has 0 bridgehead atoms. The normalized spacial score (nSPS) is 19.8. The molecule has 1 aromatic rings. The molecule has 0 radical (unpaired) electrons. The predicted molar refractivity (Wildman–Crippen MR) is 80.1 cm³/mol. The molecule has 1 aliphatic rings. The van der Waals surface area contributed by atoms with Crippen molar-refractivity contribution < 1.29 is 4.74 Å². The Morgan fingerprint density at radius 2 is 2.28 bits per heavy atom. The monoisotopic (exact) mass is 312 g/mol. The van der Waals surface area contributed by atoms with Gasteiger partial charge in [-0.3, -0.25) is 0 Å². The van der Waals surface area contributed by atoms with Crippen molar-refractivity contribution in [1.82, 2.24) is 0 Å². The van der Waals surface area contributed by atoms with Crippen molar-refractivity contribution in [3.63, 3.8) is 0 Å². The van der Waals surface area contributed by atoms with Gasteiger partial charge < -0.3 is 15.4 Å². The standard InChI is InChI=1S/C14H21BrN2O/c1-10-6-14(12(15)7-13(10)16)17(2)8-11-4-3-5-18-9-11/h6-7,11H,3-5,8-9,16H2,1-2H3. The van der Waals surface area contributed by atoms with Crippen molar-refractivity contribution >= 4 is 27.3 Å². The van der Waals surface area contributed by atoms with Gasteiger partial charge in [0.15, 0.2) is 0 Å². The Morgan fingerprint density at radius 3 is 2.94 bits per heavy atom. The van der Waals surface area contributed by atoms with Gasteiger partial charge in [0.05, 0.1) is 12.3 Å². The summed E-state index contributed by atoms with van der Waals surface area (Å²) in [6.07, 6.45) is 2.44. The van der Waals surface area contributed by atoms with E-state index in [9.17, 15) is 0 Å². The third kappa shape index (κ3) is 3.18. The molecule has 1 aliphatic heterocycles. The van der Waals surface area contributed by atoms with Gasteiger partial charge in [-0.25, -0.2) is 0 Å². The van der Waals surface area contributed by atoms with Crippen LogP contribution in [0.5, 0.6) is 0 Å². The van der Waals surface area contributed by atoms with Gasteiger partial charge in [-0.1, -0.05) is 0 Å². The summed E-state index contributed by atoms with van der Waals surface area (Å²) in [5.74, 6) is 0.633. The van der Waals surface area contributed by atoms with Crippen LogP contribution in [0.2, 0.25) is 0 Å². The lowest BCUT2D eigenvalue weighted by Gasteiger charge is -2.29. The Morgan fingerprint density at radius 1 is 1.50 bits per heavy atom. The van der Waals surface area contributed by atoms with Crippen LogP contribution in [-0.4, -0.2) is 26.8 Å². The van der Waals surface area contributed by atoms with E-state index in [0.29, 0.717) is 5.92 Å². The zero-order valence-corrected chi connectivity index (χ0v) is 12.7. The lowest BCUT2D eigenvalue weighted by atomic mass is 10.0. The van der Waals surface area contributed by atoms with Crippen molar-refractivity contribution in [1.29, 1.82) is 0 Å². The van der Waals surface area contributed by atoms with Crippen LogP contribution in [0.3, 0.4) is 0 Å². The molecule has 1 aromatic carbocycles. The summed E-state index contributed by atoms with van der Waals surface area (Å²) in [6.45, 7) is 4.88. The first kappa shape index (κ1) is 13.7. The first-order chi connectivity index (χ1) is 8.58. The lowest BCUT2D eigenvalue weighted by molar-refractivity contribution is 0.0576. The quantitative estimate of drug-likeness (QED) is 0.871. The number of rotatable bonds is 3. The molecule has 0 amide bonds. The van der Waals surface area contributed by atoms with E-state index in [1.54, 1.807) is 0 Å². The van der Waals surface area contributed by atoms with E-state index in [1.165, 1.54) is 18.5 Å². The summed E-state index contributed by atoms with van der Waals surface area (Å²) < 4.78 is 6.59. The van der Waals surface area contributed by atoms with Crippen LogP contribution in [0.25, 0.3) is 0 Å². The highest BCUT2D eigenvalue weighted by atomic mass is 79.9. The SMILES string of the molecule is Cc1cc(N(C)CC2CCCOC2)c(Br)cc1N. The maximum atomic E-state index is 5.91. The van der Waals surface area contributed by atoms with E-state index >= 15 is 0 Å². The predicted octanol–water partition coefficient (Wildman–Crippen LogP) is 3.20. The van der Waals surface area contributed by atoms with Crippen LogP contribution in [-0.2, 0) is 4.74 Å². The van der Waals surface area contributed by atoms with Gasteiger partial charge in [-0.2, -0.15) is 0 Å². The summed E-state index contributed by atoms with van der Waals surface area (Å²) in [6, 6.07) is 4.13. The molecule has 0 aromatic heterocycles. The van der Waals surface area contributed by atoms with Gasteiger partial charge in [-0.15, -0.1) is 0 Å². The highest BCUT2D eigenvalue weighted by Gasteiger charge is 2.17. The molecule has 1 heterocycles. The lowest BCUT2D eigenvalue weighted by Crippen LogP contribution is -2.31. The minimum absolute atomic E-state index is 0.633. The number of nitrogens with two attached hydrogens (primary N) is 1. The summed E-state index contributed by atoms with van der Waals surface area (Å²) >= 11 is 3.59.